The van der Waals surface area contributed by atoms with Gasteiger partial charge in [0.05, 0.1) is 19.3 Å². The third-order valence-corrected chi connectivity index (χ3v) is 8.14. The van der Waals surface area contributed by atoms with Crippen LogP contribution in [0.2, 0.25) is 0 Å². The van der Waals surface area contributed by atoms with Crippen LogP contribution < -0.4 is 5.32 Å². The standard InChI is InChI=1S/C30H52NO5P/c1-4-7-8-9-10-11-12-13-14-15-16-17-18-19-30(33)31-28(26-27-20-22-29(32)23-21-27)24-25-37(34,35-5-2)36-6-3/h20-25,28,32H,4-19,26H2,1-3H3,(H,31,33)/b25-24+/t28-/m1/s1. The van der Waals surface area contributed by atoms with Gasteiger partial charge in [-0.2, -0.15) is 0 Å². The first-order chi connectivity index (χ1) is 17.9. The van der Waals surface area contributed by atoms with Crippen molar-refractivity contribution in [2.75, 3.05) is 13.2 Å². The number of rotatable bonds is 23. The van der Waals surface area contributed by atoms with E-state index in [1.54, 1.807) is 32.1 Å². The summed E-state index contributed by atoms with van der Waals surface area (Å²) in [6, 6.07) is 6.53. The Kier molecular flexibility index (Phi) is 19.3. The third-order valence-electron chi connectivity index (χ3n) is 6.36. The van der Waals surface area contributed by atoms with Gasteiger partial charge in [0.15, 0.2) is 0 Å². The number of carbonyl (C=O) groups excluding carboxylic acids is 1. The fourth-order valence-corrected chi connectivity index (χ4v) is 5.71. The maximum Gasteiger partial charge on any atom is 0.353 e. The van der Waals surface area contributed by atoms with Crippen molar-refractivity contribution in [2.24, 2.45) is 0 Å². The number of hydrogen-bond acceptors (Lipinski definition) is 5. The molecule has 0 aliphatic heterocycles. The van der Waals surface area contributed by atoms with Crippen molar-refractivity contribution in [3.8, 4) is 5.75 Å². The van der Waals surface area contributed by atoms with Crippen LogP contribution in [0.1, 0.15) is 116 Å². The largest absolute Gasteiger partial charge is 0.508 e. The maximum absolute atomic E-state index is 12.8. The summed E-state index contributed by atoms with van der Waals surface area (Å²) < 4.78 is 23.5. The van der Waals surface area contributed by atoms with Crippen molar-refractivity contribution in [1.29, 1.82) is 0 Å². The predicted octanol–water partition coefficient (Wildman–Crippen LogP) is 8.68. The average Bonchev–Trinajstić information content (AvgIpc) is 2.87. The lowest BCUT2D eigenvalue weighted by atomic mass is 10.0. The second-order valence-corrected chi connectivity index (χ2v) is 11.6. The van der Waals surface area contributed by atoms with Gasteiger partial charge >= 0.3 is 7.60 Å². The van der Waals surface area contributed by atoms with Crippen molar-refractivity contribution in [2.45, 2.75) is 123 Å². The summed E-state index contributed by atoms with van der Waals surface area (Å²) >= 11 is 0. The molecule has 0 saturated carbocycles. The molecule has 1 amide bonds. The summed E-state index contributed by atoms with van der Waals surface area (Å²) in [5, 5.41) is 12.6. The molecule has 212 valence electrons. The van der Waals surface area contributed by atoms with Gasteiger partial charge in [-0.25, -0.2) is 0 Å². The first kappa shape index (κ1) is 33.4. The Balaban J connectivity index is 2.40. The lowest BCUT2D eigenvalue weighted by Crippen LogP contribution is -2.34. The van der Waals surface area contributed by atoms with Crippen molar-refractivity contribution in [3.05, 3.63) is 41.7 Å². The zero-order chi connectivity index (χ0) is 27.2. The molecule has 7 heteroatoms. The molecule has 6 nitrogen and oxygen atoms in total. The Morgan fingerprint density at radius 3 is 1.81 bits per heavy atom. The van der Waals surface area contributed by atoms with Crippen molar-refractivity contribution < 1.29 is 23.5 Å². The van der Waals surface area contributed by atoms with E-state index >= 15 is 0 Å². The van der Waals surface area contributed by atoms with Gasteiger partial charge in [0.2, 0.25) is 5.91 Å². The van der Waals surface area contributed by atoms with Gasteiger partial charge in [-0.15, -0.1) is 0 Å². The van der Waals surface area contributed by atoms with Crippen LogP contribution in [-0.2, 0) is 24.8 Å². The van der Waals surface area contributed by atoms with Gasteiger partial charge in [-0.1, -0.05) is 102 Å². The number of benzene rings is 1. The smallest absolute Gasteiger partial charge is 0.353 e. The highest BCUT2D eigenvalue weighted by Crippen LogP contribution is 2.49. The summed E-state index contributed by atoms with van der Waals surface area (Å²) in [4.78, 5) is 12.7. The topological polar surface area (TPSA) is 84.9 Å². The Bertz CT molecular complexity index is 771. The Morgan fingerprint density at radius 1 is 0.838 bits per heavy atom. The fraction of sp³-hybridized carbons (Fsp3) is 0.700. The molecular formula is C30H52NO5P. The molecule has 0 aliphatic rings. The molecule has 0 radical (unpaired) electrons. The highest BCUT2D eigenvalue weighted by Gasteiger charge is 2.20. The predicted molar refractivity (Wildman–Crippen MR) is 154 cm³/mol. The highest BCUT2D eigenvalue weighted by molar-refractivity contribution is 7.57. The van der Waals surface area contributed by atoms with E-state index < -0.39 is 7.60 Å². The van der Waals surface area contributed by atoms with Gasteiger partial charge in [-0.3, -0.25) is 9.36 Å². The molecule has 0 aromatic heterocycles. The van der Waals surface area contributed by atoms with Gasteiger partial charge < -0.3 is 19.5 Å². The second kappa shape index (κ2) is 21.3. The average molecular weight is 538 g/mol. The number of unbranched alkanes of at least 4 members (excludes halogenated alkanes) is 12. The number of carbonyl (C=O) groups is 1. The van der Waals surface area contributed by atoms with E-state index in [-0.39, 0.29) is 30.9 Å². The first-order valence-corrected chi connectivity index (χ1v) is 16.2. The number of nitrogens with one attached hydrogen (secondary N) is 1. The van der Waals surface area contributed by atoms with Crippen molar-refractivity contribution in [1.82, 2.24) is 5.32 Å². The molecule has 37 heavy (non-hydrogen) atoms. The zero-order valence-electron chi connectivity index (χ0n) is 23.6. The number of amides is 1. The molecule has 0 fully saturated rings. The number of hydrogen-bond donors (Lipinski definition) is 2. The molecule has 0 bridgehead atoms. The maximum atomic E-state index is 12.8. The number of phenols is 1. The van der Waals surface area contributed by atoms with Crippen molar-refractivity contribution >= 4 is 13.5 Å². The molecule has 0 saturated heterocycles. The molecule has 1 aromatic carbocycles. The van der Waals surface area contributed by atoms with E-state index in [9.17, 15) is 14.5 Å². The molecule has 1 aromatic rings. The lowest BCUT2D eigenvalue weighted by molar-refractivity contribution is -0.121. The van der Waals surface area contributed by atoms with Crippen molar-refractivity contribution in [3.63, 3.8) is 0 Å². The summed E-state index contributed by atoms with van der Waals surface area (Å²) in [7, 11) is -3.35. The minimum atomic E-state index is -3.35. The van der Waals surface area contributed by atoms with E-state index in [2.05, 4.69) is 12.2 Å². The minimum Gasteiger partial charge on any atom is -0.508 e. The molecule has 0 heterocycles. The van der Waals surface area contributed by atoms with Crippen LogP contribution >= 0.6 is 7.60 Å². The minimum absolute atomic E-state index is 0.0147. The molecular weight excluding hydrogens is 485 g/mol. The molecule has 0 aliphatic carbocycles. The molecule has 2 N–H and O–H groups in total. The summed E-state index contributed by atoms with van der Waals surface area (Å²) in [6.45, 7) is 6.34. The van der Waals surface area contributed by atoms with Crippen LogP contribution in [0.15, 0.2) is 36.2 Å². The van der Waals surface area contributed by atoms with E-state index in [0.717, 1.165) is 18.4 Å². The Labute approximate surface area is 226 Å². The normalized spacial score (nSPS) is 12.7. The van der Waals surface area contributed by atoms with Gasteiger partial charge in [0.25, 0.3) is 0 Å². The third kappa shape index (κ3) is 17.5. The first-order valence-electron chi connectivity index (χ1n) is 14.6. The van der Waals surface area contributed by atoms with Gasteiger partial charge in [0.1, 0.15) is 5.75 Å². The van der Waals surface area contributed by atoms with E-state index in [1.165, 1.54) is 76.4 Å². The number of aromatic hydroxyl groups is 1. The molecule has 0 unspecified atom stereocenters. The quantitative estimate of drug-likeness (QED) is 0.108. The summed E-state index contributed by atoms with van der Waals surface area (Å²) in [5.74, 6) is 1.63. The summed E-state index contributed by atoms with van der Waals surface area (Å²) in [6.07, 6.45) is 19.2. The van der Waals surface area contributed by atoms with E-state index in [0.29, 0.717) is 12.8 Å². The summed E-state index contributed by atoms with van der Waals surface area (Å²) in [5.41, 5.74) is 0.955. The van der Waals surface area contributed by atoms with Gasteiger partial charge in [-0.05, 0) is 44.4 Å². The SMILES string of the molecule is CCCCCCCCCCCCCCCC(=O)N[C@H](/C=C/P(=O)(OCC)OCC)Cc1ccc(O)cc1. The van der Waals surface area contributed by atoms with Crippen LogP contribution in [0.5, 0.6) is 5.75 Å². The van der Waals surface area contributed by atoms with E-state index in [1.807, 2.05) is 12.1 Å². The Morgan fingerprint density at radius 2 is 1.32 bits per heavy atom. The highest BCUT2D eigenvalue weighted by atomic mass is 31.2. The molecule has 1 atom stereocenters. The molecule has 1 rings (SSSR count). The zero-order valence-corrected chi connectivity index (χ0v) is 24.5. The van der Waals surface area contributed by atoms with Crippen LogP contribution in [0.25, 0.3) is 0 Å². The van der Waals surface area contributed by atoms with Crippen LogP contribution in [0.3, 0.4) is 0 Å². The number of phenolic OH excluding ortho intramolecular Hbond substituents is 1. The van der Waals surface area contributed by atoms with Crippen LogP contribution in [0.4, 0.5) is 0 Å². The fourth-order valence-electron chi connectivity index (χ4n) is 4.33. The van der Waals surface area contributed by atoms with Crippen LogP contribution in [0, 0.1) is 0 Å². The molecule has 0 spiro atoms. The second-order valence-electron chi connectivity index (χ2n) is 9.75. The van der Waals surface area contributed by atoms with E-state index in [4.69, 9.17) is 9.05 Å². The van der Waals surface area contributed by atoms with Crippen LogP contribution in [-0.4, -0.2) is 30.3 Å². The lowest BCUT2D eigenvalue weighted by Gasteiger charge is -2.18. The monoisotopic (exact) mass is 537 g/mol. The Hall–Kier alpha value is -1.62. The van der Waals surface area contributed by atoms with Gasteiger partial charge in [0, 0.05) is 12.2 Å².